The Balaban J connectivity index is 3.59. The average molecular weight is 278 g/mol. The van der Waals surface area contributed by atoms with E-state index < -0.39 is 6.09 Å². The van der Waals surface area contributed by atoms with Crippen LogP contribution >= 0.6 is 12.6 Å². The van der Waals surface area contributed by atoms with Gasteiger partial charge in [-0.15, -0.1) is 0 Å². The van der Waals surface area contributed by atoms with Gasteiger partial charge in [-0.25, -0.2) is 4.79 Å². The molecule has 0 saturated carbocycles. The fraction of sp³-hybridized carbons (Fsp3) is 0.917. The molecular weight excluding hydrogens is 252 g/mol. The predicted octanol–water partition coefficient (Wildman–Crippen LogP) is 1.44. The van der Waals surface area contributed by atoms with Crippen LogP contribution in [-0.4, -0.2) is 51.3 Å². The van der Waals surface area contributed by atoms with Crippen molar-refractivity contribution in [3.05, 3.63) is 0 Å². The van der Waals surface area contributed by atoms with Gasteiger partial charge in [0, 0.05) is 18.9 Å². The highest BCUT2D eigenvalue weighted by molar-refractivity contribution is 7.80. The van der Waals surface area contributed by atoms with Crippen LogP contribution < -0.4 is 10.6 Å². The molecule has 1 amide bonds. The van der Waals surface area contributed by atoms with Crippen LogP contribution in [0.5, 0.6) is 0 Å². The zero-order valence-corrected chi connectivity index (χ0v) is 12.3. The highest BCUT2D eigenvalue weighted by Crippen LogP contribution is 1.99. The van der Waals surface area contributed by atoms with Gasteiger partial charge in [0.2, 0.25) is 0 Å². The summed E-state index contributed by atoms with van der Waals surface area (Å²) in [5.74, 6) is 0.468. The number of ether oxygens (including phenoxy) is 2. The smallest absolute Gasteiger partial charge is 0.407 e. The van der Waals surface area contributed by atoms with E-state index in [1.165, 1.54) is 0 Å². The number of alkyl carbamates (subject to hydrolysis) is 1. The molecule has 6 heteroatoms. The summed E-state index contributed by atoms with van der Waals surface area (Å²) in [6, 6.07) is 0. The monoisotopic (exact) mass is 278 g/mol. The lowest BCUT2D eigenvalue weighted by atomic mass is 10.3. The summed E-state index contributed by atoms with van der Waals surface area (Å²) in [7, 11) is 1.88. The number of rotatable bonds is 11. The number of amides is 1. The van der Waals surface area contributed by atoms with Crippen LogP contribution in [0.4, 0.5) is 4.79 Å². The van der Waals surface area contributed by atoms with Gasteiger partial charge >= 0.3 is 6.09 Å². The van der Waals surface area contributed by atoms with Crippen molar-refractivity contribution >= 4 is 18.7 Å². The quantitative estimate of drug-likeness (QED) is 0.395. The molecule has 2 N–H and O–H groups in total. The van der Waals surface area contributed by atoms with Gasteiger partial charge in [-0.05, 0) is 26.4 Å². The minimum atomic E-state index is -0.399. The van der Waals surface area contributed by atoms with Crippen molar-refractivity contribution in [1.29, 1.82) is 0 Å². The van der Waals surface area contributed by atoms with Crippen molar-refractivity contribution in [2.45, 2.75) is 32.3 Å². The standard InChI is InChI=1S/C12H26N2O3S/c1-3-4-8-16-9-11(10-18)17-12(15)14-7-5-6-13-2/h11,13,18H,3-10H2,1-2H3,(H,14,15). The predicted molar refractivity (Wildman–Crippen MR) is 76.4 cm³/mol. The van der Waals surface area contributed by atoms with Crippen LogP contribution in [0.1, 0.15) is 26.2 Å². The molecule has 0 heterocycles. The van der Waals surface area contributed by atoms with Gasteiger partial charge in [0.15, 0.2) is 0 Å². The maximum absolute atomic E-state index is 11.4. The molecule has 0 rings (SSSR count). The van der Waals surface area contributed by atoms with Crippen LogP contribution in [0.15, 0.2) is 0 Å². The fourth-order valence-electron chi connectivity index (χ4n) is 1.23. The van der Waals surface area contributed by atoms with Crippen LogP contribution in [0.2, 0.25) is 0 Å². The Morgan fingerprint density at radius 3 is 2.72 bits per heavy atom. The number of hydrogen-bond acceptors (Lipinski definition) is 5. The number of nitrogens with one attached hydrogen (secondary N) is 2. The third kappa shape index (κ3) is 10.7. The van der Waals surface area contributed by atoms with E-state index in [-0.39, 0.29) is 6.10 Å². The van der Waals surface area contributed by atoms with E-state index in [1.54, 1.807) is 0 Å². The van der Waals surface area contributed by atoms with E-state index in [1.807, 2.05) is 7.05 Å². The summed E-state index contributed by atoms with van der Waals surface area (Å²) in [5, 5.41) is 5.70. The van der Waals surface area contributed by atoms with Gasteiger partial charge in [-0.2, -0.15) is 12.6 Å². The number of thiol groups is 1. The molecule has 0 spiro atoms. The van der Waals surface area contributed by atoms with E-state index >= 15 is 0 Å². The van der Waals surface area contributed by atoms with Crippen LogP contribution in [0.3, 0.4) is 0 Å². The Hall–Kier alpha value is -0.460. The van der Waals surface area contributed by atoms with Crippen molar-refractivity contribution in [3.63, 3.8) is 0 Å². The molecule has 0 aromatic heterocycles. The van der Waals surface area contributed by atoms with Crippen molar-refractivity contribution in [3.8, 4) is 0 Å². The minimum Gasteiger partial charge on any atom is -0.443 e. The molecule has 0 aliphatic carbocycles. The number of hydrogen-bond donors (Lipinski definition) is 3. The maximum Gasteiger partial charge on any atom is 0.407 e. The van der Waals surface area contributed by atoms with Gasteiger partial charge in [-0.1, -0.05) is 13.3 Å². The lowest BCUT2D eigenvalue weighted by Gasteiger charge is -2.16. The Kier molecular flexibility index (Phi) is 12.7. The molecule has 0 radical (unpaired) electrons. The molecular formula is C12H26N2O3S. The van der Waals surface area contributed by atoms with E-state index in [0.29, 0.717) is 25.5 Å². The third-order valence-corrected chi connectivity index (χ3v) is 2.70. The first-order chi connectivity index (χ1) is 8.74. The van der Waals surface area contributed by atoms with E-state index in [0.717, 1.165) is 25.8 Å². The summed E-state index contributed by atoms with van der Waals surface area (Å²) in [4.78, 5) is 11.4. The second-order valence-electron chi connectivity index (χ2n) is 4.02. The SMILES string of the molecule is CCCCOCC(CS)OC(=O)NCCCNC. The minimum absolute atomic E-state index is 0.283. The van der Waals surface area contributed by atoms with Crippen molar-refractivity contribution in [1.82, 2.24) is 10.6 Å². The summed E-state index contributed by atoms with van der Waals surface area (Å²) < 4.78 is 10.6. The molecule has 0 aromatic carbocycles. The Labute approximate surface area is 115 Å². The Bertz CT molecular complexity index is 206. The molecule has 0 aliphatic rings. The van der Waals surface area contributed by atoms with E-state index in [2.05, 4.69) is 30.2 Å². The molecule has 1 atom stereocenters. The van der Waals surface area contributed by atoms with E-state index in [4.69, 9.17) is 9.47 Å². The fourth-order valence-corrected chi connectivity index (χ4v) is 1.41. The van der Waals surface area contributed by atoms with E-state index in [9.17, 15) is 4.79 Å². The zero-order chi connectivity index (χ0) is 13.6. The molecule has 108 valence electrons. The van der Waals surface area contributed by atoms with Crippen LogP contribution in [0.25, 0.3) is 0 Å². The zero-order valence-electron chi connectivity index (χ0n) is 11.4. The van der Waals surface area contributed by atoms with Gasteiger partial charge < -0.3 is 20.1 Å². The van der Waals surface area contributed by atoms with Crippen molar-refractivity contribution < 1.29 is 14.3 Å². The summed E-state index contributed by atoms with van der Waals surface area (Å²) in [6.07, 6.45) is 2.32. The lowest BCUT2D eigenvalue weighted by Crippen LogP contribution is -2.33. The number of carbonyl (C=O) groups is 1. The largest absolute Gasteiger partial charge is 0.443 e. The average Bonchev–Trinajstić information content (AvgIpc) is 2.38. The van der Waals surface area contributed by atoms with Crippen molar-refractivity contribution in [2.24, 2.45) is 0 Å². The van der Waals surface area contributed by atoms with Crippen LogP contribution in [-0.2, 0) is 9.47 Å². The van der Waals surface area contributed by atoms with Crippen molar-refractivity contribution in [2.75, 3.05) is 39.1 Å². The highest BCUT2D eigenvalue weighted by Gasteiger charge is 2.12. The Morgan fingerprint density at radius 1 is 1.33 bits per heavy atom. The summed E-state index contributed by atoms with van der Waals surface area (Å²) in [6.45, 7) is 4.70. The molecule has 18 heavy (non-hydrogen) atoms. The first-order valence-electron chi connectivity index (χ1n) is 6.52. The molecule has 0 aromatic rings. The molecule has 0 fully saturated rings. The first kappa shape index (κ1) is 17.5. The van der Waals surface area contributed by atoms with Gasteiger partial charge in [0.25, 0.3) is 0 Å². The molecule has 1 unspecified atom stereocenters. The van der Waals surface area contributed by atoms with Gasteiger partial charge in [0.05, 0.1) is 6.61 Å². The maximum atomic E-state index is 11.4. The third-order valence-electron chi connectivity index (χ3n) is 2.30. The first-order valence-corrected chi connectivity index (χ1v) is 7.15. The topological polar surface area (TPSA) is 59.6 Å². The molecule has 0 aliphatic heterocycles. The second-order valence-corrected chi connectivity index (χ2v) is 4.39. The summed E-state index contributed by atoms with van der Waals surface area (Å²) >= 11 is 4.14. The van der Waals surface area contributed by atoms with Gasteiger partial charge in [-0.3, -0.25) is 0 Å². The highest BCUT2D eigenvalue weighted by atomic mass is 32.1. The Morgan fingerprint density at radius 2 is 2.11 bits per heavy atom. The number of carbonyl (C=O) groups excluding carboxylic acids is 1. The molecule has 0 saturated heterocycles. The van der Waals surface area contributed by atoms with Crippen LogP contribution in [0, 0.1) is 0 Å². The molecule has 0 bridgehead atoms. The second kappa shape index (κ2) is 13.0. The molecule has 5 nitrogen and oxygen atoms in total. The summed E-state index contributed by atoms with van der Waals surface area (Å²) in [5.41, 5.74) is 0. The normalized spacial score (nSPS) is 12.2. The number of unbranched alkanes of at least 4 members (excludes halogenated alkanes) is 1. The van der Waals surface area contributed by atoms with Gasteiger partial charge in [0.1, 0.15) is 6.10 Å². The lowest BCUT2D eigenvalue weighted by molar-refractivity contribution is 0.0299.